The number of benzene rings is 1. The Balaban J connectivity index is 2.13. The van der Waals surface area contributed by atoms with Crippen molar-refractivity contribution in [1.82, 2.24) is 0 Å². The number of ether oxygens (including phenoxy) is 1. The van der Waals surface area contributed by atoms with E-state index in [-0.39, 0.29) is 0 Å². The lowest BCUT2D eigenvalue weighted by Gasteiger charge is -2.33. The SMILES string of the molecule is COc1ccc(C(CC=O)C2CCC2)cc1. The average Bonchev–Trinajstić information content (AvgIpc) is 2.26. The van der Waals surface area contributed by atoms with Gasteiger partial charge < -0.3 is 9.53 Å². The molecular weight excluding hydrogens is 200 g/mol. The Morgan fingerprint density at radius 2 is 2.06 bits per heavy atom. The summed E-state index contributed by atoms with van der Waals surface area (Å²) in [6, 6.07) is 8.13. The van der Waals surface area contributed by atoms with Crippen LogP contribution in [-0.4, -0.2) is 13.4 Å². The molecule has 1 aromatic carbocycles. The van der Waals surface area contributed by atoms with Crippen molar-refractivity contribution in [2.45, 2.75) is 31.6 Å². The van der Waals surface area contributed by atoms with Gasteiger partial charge in [-0.3, -0.25) is 0 Å². The number of hydrogen-bond donors (Lipinski definition) is 0. The maximum Gasteiger partial charge on any atom is 0.120 e. The van der Waals surface area contributed by atoms with E-state index in [1.165, 1.54) is 24.8 Å². The van der Waals surface area contributed by atoms with E-state index in [2.05, 4.69) is 12.1 Å². The van der Waals surface area contributed by atoms with E-state index < -0.39 is 0 Å². The molecule has 1 unspecified atom stereocenters. The fraction of sp³-hybridized carbons (Fsp3) is 0.500. The van der Waals surface area contributed by atoms with Gasteiger partial charge in [0.05, 0.1) is 7.11 Å². The lowest BCUT2D eigenvalue weighted by atomic mass is 9.72. The Morgan fingerprint density at radius 1 is 1.38 bits per heavy atom. The molecule has 1 fully saturated rings. The van der Waals surface area contributed by atoms with Gasteiger partial charge in [-0.25, -0.2) is 0 Å². The van der Waals surface area contributed by atoms with Crippen molar-refractivity contribution in [2.75, 3.05) is 7.11 Å². The van der Waals surface area contributed by atoms with Crippen LogP contribution < -0.4 is 4.74 Å². The van der Waals surface area contributed by atoms with Gasteiger partial charge in [-0.1, -0.05) is 18.6 Å². The third-order valence-electron chi connectivity index (χ3n) is 3.61. The van der Waals surface area contributed by atoms with Crippen LogP contribution in [0.5, 0.6) is 5.75 Å². The first kappa shape index (κ1) is 11.2. The number of carbonyl (C=O) groups is 1. The molecule has 0 aliphatic heterocycles. The van der Waals surface area contributed by atoms with Crippen molar-refractivity contribution in [1.29, 1.82) is 0 Å². The summed E-state index contributed by atoms with van der Waals surface area (Å²) in [6.07, 6.45) is 5.55. The molecule has 0 aromatic heterocycles. The predicted octanol–water partition coefficient (Wildman–Crippen LogP) is 3.17. The van der Waals surface area contributed by atoms with Gasteiger partial charge in [-0.05, 0) is 42.4 Å². The minimum atomic E-state index is 0.414. The maximum absolute atomic E-state index is 10.7. The van der Waals surface area contributed by atoms with Gasteiger partial charge in [0.1, 0.15) is 12.0 Å². The molecule has 1 atom stereocenters. The number of methoxy groups -OCH3 is 1. The summed E-state index contributed by atoms with van der Waals surface area (Å²) in [5, 5.41) is 0. The molecular formula is C14H18O2. The Morgan fingerprint density at radius 3 is 2.50 bits per heavy atom. The van der Waals surface area contributed by atoms with Crippen LogP contribution >= 0.6 is 0 Å². The molecule has 1 aliphatic rings. The molecule has 1 aromatic rings. The number of hydrogen-bond acceptors (Lipinski definition) is 2. The van der Waals surface area contributed by atoms with Gasteiger partial charge in [0.15, 0.2) is 0 Å². The molecule has 0 N–H and O–H groups in total. The second-order valence-electron chi connectivity index (χ2n) is 4.47. The third kappa shape index (κ3) is 2.26. The zero-order valence-corrected chi connectivity index (χ0v) is 9.69. The van der Waals surface area contributed by atoms with E-state index in [0.29, 0.717) is 18.3 Å². The minimum absolute atomic E-state index is 0.414. The van der Waals surface area contributed by atoms with Crippen LogP contribution in [0.4, 0.5) is 0 Å². The fourth-order valence-electron chi connectivity index (χ4n) is 2.40. The number of rotatable bonds is 5. The summed E-state index contributed by atoms with van der Waals surface area (Å²) >= 11 is 0. The molecule has 0 radical (unpaired) electrons. The zero-order chi connectivity index (χ0) is 11.4. The molecule has 0 spiro atoms. The lowest BCUT2D eigenvalue weighted by Crippen LogP contribution is -2.20. The second kappa shape index (κ2) is 5.15. The highest BCUT2D eigenvalue weighted by atomic mass is 16.5. The van der Waals surface area contributed by atoms with Gasteiger partial charge in [-0.15, -0.1) is 0 Å². The molecule has 0 saturated heterocycles. The van der Waals surface area contributed by atoms with Crippen molar-refractivity contribution in [3.05, 3.63) is 29.8 Å². The molecule has 16 heavy (non-hydrogen) atoms. The Hall–Kier alpha value is -1.31. The average molecular weight is 218 g/mol. The van der Waals surface area contributed by atoms with Crippen molar-refractivity contribution >= 4 is 6.29 Å². The first-order chi connectivity index (χ1) is 7.85. The van der Waals surface area contributed by atoms with E-state index in [1.807, 2.05) is 12.1 Å². The number of aldehydes is 1. The first-order valence-electron chi connectivity index (χ1n) is 5.92. The van der Waals surface area contributed by atoms with E-state index in [0.717, 1.165) is 12.0 Å². The predicted molar refractivity (Wildman–Crippen MR) is 63.8 cm³/mol. The third-order valence-corrected chi connectivity index (χ3v) is 3.61. The molecule has 0 heterocycles. The zero-order valence-electron chi connectivity index (χ0n) is 9.69. The Labute approximate surface area is 96.6 Å². The second-order valence-corrected chi connectivity index (χ2v) is 4.47. The summed E-state index contributed by atoms with van der Waals surface area (Å²) < 4.78 is 5.14. The van der Waals surface area contributed by atoms with Gasteiger partial charge in [-0.2, -0.15) is 0 Å². The monoisotopic (exact) mass is 218 g/mol. The Kier molecular flexibility index (Phi) is 3.60. The van der Waals surface area contributed by atoms with Crippen LogP contribution in [0.15, 0.2) is 24.3 Å². The van der Waals surface area contributed by atoms with Crippen LogP contribution in [0, 0.1) is 5.92 Å². The van der Waals surface area contributed by atoms with Crippen molar-refractivity contribution in [3.8, 4) is 5.75 Å². The van der Waals surface area contributed by atoms with Crippen molar-refractivity contribution in [3.63, 3.8) is 0 Å². The highest BCUT2D eigenvalue weighted by Crippen LogP contribution is 2.41. The van der Waals surface area contributed by atoms with Crippen LogP contribution in [0.2, 0.25) is 0 Å². The molecule has 0 amide bonds. The largest absolute Gasteiger partial charge is 0.497 e. The van der Waals surface area contributed by atoms with Crippen LogP contribution in [0.3, 0.4) is 0 Å². The van der Waals surface area contributed by atoms with E-state index in [1.54, 1.807) is 7.11 Å². The minimum Gasteiger partial charge on any atom is -0.497 e. The molecule has 0 bridgehead atoms. The molecule has 2 rings (SSSR count). The van der Waals surface area contributed by atoms with E-state index in [4.69, 9.17) is 4.74 Å². The molecule has 1 aliphatic carbocycles. The summed E-state index contributed by atoms with van der Waals surface area (Å²) in [6.45, 7) is 0. The molecule has 2 heteroatoms. The van der Waals surface area contributed by atoms with Gasteiger partial charge >= 0.3 is 0 Å². The van der Waals surface area contributed by atoms with Crippen LogP contribution in [-0.2, 0) is 4.79 Å². The van der Waals surface area contributed by atoms with E-state index in [9.17, 15) is 4.79 Å². The normalized spacial score (nSPS) is 17.6. The summed E-state index contributed by atoms with van der Waals surface area (Å²) in [5.41, 5.74) is 1.28. The maximum atomic E-state index is 10.7. The Bertz CT molecular complexity index is 338. The molecule has 86 valence electrons. The topological polar surface area (TPSA) is 26.3 Å². The highest BCUT2D eigenvalue weighted by molar-refractivity contribution is 5.52. The first-order valence-corrected chi connectivity index (χ1v) is 5.92. The smallest absolute Gasteiger partial charge is 0.120 e. The van der Waals surface area contributed by atoms with Crippen LogP contribution in [0.25, 0.3) is 0 Å². The van der Waals surface area contributed by atoms with Gasteiger partial charge in [0, 0.05) is 6.42 Å². The molecule has 1 saturated carbocycles. The van der Waals surface area contributed by atoms with Crippen molar-refractivity contribution in [2.24, 2.45) is 5.92 Å². The summed E-state index contributed by atoms with van der Waals surface area (Å²) in [7, 11) is 1.67. The quantitative estimate of drug-likeness (QED) is 0.709. The van der Waals surface area contributed by atoms with Gasteiger partial charge in [0.25, 0.3) is 0 Å². The number of carbonyl (C=O) groups excluding carboxylic acids is 1. The van der Waals surface area contributed by atoms with E-state index >= 15 is 0 Å². The fourth-order valence-corrected chi connectivity index (χ4v) is 2.40. The summed E-state index contributed by atoms with van der Waals surface area (Å²) in [5.74, 6) is 2.00. The van der Waals surface area contributed by atoms with Crippen LogP contribution in [0.1, 0.15) is 37.2 Å². The highest BCUT2D eigenvalue weighted by Gasteiger charge is 2.27. The standard InChI is InChI=1S/C14H18O2/c1-16-13-7-5-12(6-8-13)14(9-10-15)11-3-2-4-11/h5-8,10-11,14H,2-4,9H2,1H3. The van der Waals surface area contributed by atoms with Crippen molar-refractivity contribution < 1.29 is 9.53 Å². The lowest BCUT2D eigenvalue weighted by molar-refractivity contribution is -0.108. The summed E-state index contributed by atoms with van der Waals surface area (Å²) in [4.78, 5) is 10.7. The van der Waals surface area contributed by atoms with Gasteiger partial charge in [0.2, 0.25) is 0 Å². The molecule has 2 nitrogen and oxygen atoms in total.